The van der Waals surface area contributed by atoms with Gasteiger partial charge in [-0.2, -0.15) is 0 Å². The van der Waals surface area contributed by atoms with E-state index in [4.69, 9.17) is 16.3 Å². The molecule has 4 N–H and O–H groups in total. The SMILES string of the molecule is Cc1cc(F)c(C(=O)N[C@H]2C/C=C/CCC(=O)Nc3cc(NC(=O)OCc4ccccn4)ccc3-c3nc2[nH]c3Cl)c(F)c1. The lowest BCUT2D eigenvalue weighted by atomic mass is 10.1. The lowest BCUT2D eigenvalue weighted by molar-refractivity contribution is -0.116. The Bertz CT molecular complexity index is 1720. The van der Waals surface area contributed by atoms with Gasteiger partial charge < -0.3 is 20.4 Å². The topological polar surface area (TPSA) is 138 Å². The van der Waals surface area contributed by atoms with Crippen molar-refractivity contribution in [1.82, 2.24) is 20.3 Å². The normalized spacial score (nSPS) is 15.5. The van der Waals surface area contributed by atoms with Gasteiger partial charge in [0.1, 0.15) is 40.5 Å². The number of hydrogen-bond donors (Lipinski definition) is 4. The van der Waals surface area contributed by atoms with Gasteiger partial charge in [-0.3, -0.25) is 19.9 Å². The highest BCUT2D eigenvalue weighted by Crippen LogP contribution is 2.36. The van der Waals surface area contributed by atoms with Crippen LogP contribution in [0.3, 0.4) is 0 Å². The largest absolute Gasteiger partial charge is 0.443 e. The zero-order chi connectivity index (χ0) is 31.2. The molecule has 0 fully saturated rings. The molecule has 2 aromatic heterocycles. The highest BCUT2D eigenvalue weighted by Gasteiger charge is 2.26. The lowest BCUT2D eigenvalue weighted by Gasteiger charge is -2.16. The van der Waals surface area contributed by atoms with Gasteiger partial charge in [0, 0.05) is 23.9 Å². The molecule has 0 spiro atoms. The number of carbonyl (C=O) groups is 3. The first kappa shape index (κ1) is 30.4. The number of amides is 3. The number of imidazole rings is 1. The molecular weight excluding hydrogens is 594 g/mol. The number of nitrogens with zero attached hydrogens (tertiary/aromatic N) is 2. The Morgan fingerprint density at radius 3 is 2.66 bits per heavy atom. The van der Waals surface area contributed by atoms with E-state index in [2.05, 4.69) is 30.9 Å². The summed E-state index contributed by atoms with van der Waals surface area (Å²) in [4.78, 5) is 49.8. The molecule has 0 radical (unpaired) electrons. The average Bonchev–Trinajstić information content (AvgIpc) is 3.36. The van der Waals surface area contributed by atoms with E-state index in [0.717, 1.165) is 12.1 Å². The highest BCUT2D eigenvalue weighted by atomic mass is 35.5. The first-order valence-corrected chi connectivity index (χ1v) is 14.0. The molecule has 0 unspecified atom stereocenters. The van der Waals surface area contributed by atoms with Crippen LogP contribution in [0.1, 0.15) is 52.7 Å². The van der Waals surface area contributed by atoms with E-state index < -0.39 is 35.2 Å². The Hall–Kier alpha value is -5.10. The van der Waals surface area contributed by atoms with Crippen molar-refractivity contribution in [1.29, 1.82) is 0 Å². The molecule has 2 aromatic carbocycles. The average molecular weight is 621 g/mol. The van der Waals surface area contributed by atoms with Gasteiger partial charge in [0.05, 0.1) is 17.4 Å². The van der Waals surface area contributed by atoms with Crippen LogP contribution in [0.4, 0.5) is 25.0 Å². The van der Waals surface area contributed by atoms with E-state index in [1.807, 2.05) is 0 Å². The molecule has 0 saturated heterocycles. The quantitative estimate of drug-likeness (QED) is 0.185. The second kappa shape index (κ2) is 13.5. The van der Waals surface area contributed by atoms with E-state index in [-0.39, 0.29) is 42.0 Å². The summed E-state index contributed by atoms with van der Waals surface area (Å²) in [6, 6.07) is 11.3. The third-order valence-electron chi connectivity index (χ3n) is 6.68. The molecule has 10 nitrogen and oxygen atoms in total. The molecule has 226 valence electrons. The van der Waals surface area contributed by atoms with Gasteiger partial charge in [0.2, 0.25) is 5.91 Å². The van der Waals surface area contributed by atoms with Crippen molar-refractivity contribution in [3.05, 3.63) is 106 Å². The Labute approximate surface area is 255 Å². The van der Waals surface area contributed by atoms with Gasteiger partial charge in [-0.15, -0.1) is 0 Å². The van der Waals surface area contributed by atoms with Crippen LogP contribution in [0.5, 0.6) is 0 Å². The number of pyridine rings is 1. The molecule has 3 heterocycles. The van der Waals surface area contributed by atoms with Crippen LogP contribution in [0.15, 0.2) is 66.9 Å². The molecule has 3 amide bonds. The minimum Gasteiger partial charge on any atom is -0.443 e. The van der Waals surface area contributed by atoms with Crippen LogP contribution in [0.2, 0.25) is 5.15 Å². The van der Waals surface area contributed by atoms with E-state index in [1.54, 1.807) is 48.7 Å². The number of ether oxygens (including phenoxy) is 1. The fourth-order valence-electron chi connectivity index (χ4n) is 4.58. The number of carbonyl (C=O) groups excluding carboxylic acids is 3. The summed E-state index contributed by atoms with van der Waals surface area (Å²) < 4.78 is 34.3. The molecular formula is C31H27ClF2N6O4. The summed E-state index contributed by atoms with van der Waals surface area (Å²) in [6.07, 6.45) is 5.07. The van der Waals surface area contributed by atoms with Crippen LogP contribution < -0.4 is 16.0 Å². The number of aromatic amines is 1. The predicted octanol–water partition coefficient (Wildman–Crippen LogP) is 6.61. The molecule has 4 aromatic rings. The van der Waals surface area contributed by atoms with Crippen molar-refractivity contribution in [2.45, 2.75) is 38.8 Å². The minimum absolute atomic E-state index is 0.0333. The standard InChI is InChI=1S/C31H27ClF2N6O4/c1-17-13-21(33)26(22(34)14-17)30(42)38-23-8-3-2-4-9-25(41)37-24-15-18(10-11-20(24)27-28(32)40-29(23)39-27)36-31(43)44-16-19-7-5-6-12-35-19/h2-3,5-7,10-15,23H,4,8-9,16H2,1H3,(H,36,43)(H,37,41)(H,38,42)(H,39,40)/b3-2+/t23-/m0/s1. The third kappa shape index (κ3) is 7.27. The number of rotatable bonds is 5. The van der Waals surface area contributed by atoms with Crippen molar-refractivity contribution in [3.63, 3.8) is 0 Å². The van der Waals surface area contributed by atoms with Crippen LogP contribution in [0, 0.1) is 18.6 Å². The van der Waals surface area contributed by atoms with Crippen molar-refractivity contribution in [3.8, 4) is 11.3 Å². The molecule has 0 aliphatic carbocycles. The maximum absolute atomic E-state index is 14.5. The molecule has 2 bridgehead atoms. The summed E-state index contributed by atoms with van der Waals surface area (Å²) in [5, 5.41) is 8.20. The maximum Gasteiger partial charge on any atom is 0.412 e. The Morgan fingerprint density at radius 1 is 1.11 bits per heavy atom. The Balaban J connectivity index is 1.42. The van der Waals surface area contributed by atoms with Gasteiger partial charge in [-0.1, -0.05) is 29.8 Å². The molecule has 44 heavy (non-hydrogen) atoms. The number of halogens is 3. The molecule has 1 aliphatic rings. The van der Waals surface area contributed by atoms with E-state index in [9.17, 15) is 23.2 Å². The fraction of sp³-hybridized carbons (Fsp3) is 0.194. The van der Waals surface area contributed by atoms with Gasteiger partial charge in [-0.25, -0.2) is 18.6 Å². The minimum atomic E-state index is -0.984. The summed E-state index contributed by atoms with van der Waals surface area (Å²) in [6.45, 7) is 1.49. The fourth-order valence-corrected chi connectivity index (χ4v) is 4.83. The molecule has 13 heteroatoms. The van der Waals surface area contributed by atoms with E-state index >= 15 is 0 Å². The van der Waals surface area contributed by atoms with Crippen molar-refractivity contribution >= 4 is 40.9 Å². The molecule has 5 rings (SSSR count). The third-order valence-corrected chi connectivity index (χ3v) is 6.95. The monoisotopic (exact) mass is 620 g/mol. The van der Waals surface area contributed by atoms with Crippen molar-refractivity contribution < 1.29 is 27.9 Å². The van der Waals surface area contributed by atoms with Crippen molar-refractivity contribution in [2.75, 3.05) is 10.6 Å². The number of fused-ring (bicyclic) bond motifs is 4. The highest BCUT2D eigenvalue weighted by molar-refractivity contribution is 6.32. The summed E-state index contributed by atoms with van der Waals surface area (Å²) in [5.41, 5.74) is 1.51. The second-order valence-electron chi connectivity index (χ2n) is 9.99. The molecule has 0 saturated carbocycles. The molecule has 1 aliphatic heterocycles. The number of benzene rings is 2. The maximum atomic E-state index is 14.5. The van der Waals surface area contributed by atoms with Crippen LogP contribution in [-0.2, 0) is 16.1 Å². The number of allylic oxidation sites excluding steroid dienone is 1. The number of aryl methyl sites for hydroxylation is 1. The van der Waals surface area contributed by atoms with Gasteiger partial charge in [0.25, 0.3) is 5.91 Å². The predicted molar refractivity (Wildman–Crippen MR) is 160 cm³/mol. The number of aromatic nitrogens is 3. The lowest BCUT2D eigenvalue weighted by Crippen LogP contribution is -2.30. The van der Waals surface area contributed by atoms with Crippen molar-refractivity contribution in [2.24, 2.45) is 0 Å². The van der Waals surface area contributed by atoms with Crippen LogP contribution >= 0.6 is 11.6 Å². The summed E-state index contributed by atoms with van der Waals surface area (Å²) in [7, 11) is 0. The zero-order valence-electron chi connectivity index (χ0n) is 23.4. The van der Waals surface area contributed by atoms with E-state index in [1.165, 1.54) is 13.0 Å². The first-order chi connectivity index (χ1) is 21.2. The summed E-state index contributed by atoms with van der Waals surface area (Å²) in [5.74, 6) is -3.00. The van der Waals surface area contributed by atoms with E-state index in [0.29, 0.717) is 34.6 Å². The van der Waals surface area contributed by atoms with Crippen LogP contribution in [-0.4, -0.2) is 32.9 Å². The van der Waals surface area contributed by atoms with Gasteiger partial charge >= 0.3 is 6.09 Å². The zero-order valence-corrected chi connectivity index (χ0v) is 24.2. The summed E-state index contributed by atoms with van der Waals surface area (Å²) >= 11 is 6.55. The number of anilines is 2. The second-order valence-corrected chi connectivity index (χ2v) is 10.4. The van der Waals surface area contributed by atoms with Crippen LogP contribution in [0.25, 0.3) is 11.3 Å². The number of H-pyrrole nitrogens is 1. The van der Waals surface area contributed by atoms with Gasteiger partial charge in [0.15, 0.2) is 0 Å². The van der Waals surface area contributed by atoms with Gasteiger partial charge in [-0.05, 0) is 67.8 Å². The number of hydrogen-bond acceptors (Lipinski definition) is 6. The smallest absolute Gasteiger partial charge is 0.412 e. The Morgan fingerprint density at radius 2 is 1.91 bits per heavy atom. The first-order valence-electron chi connectivity index (χ1n) is 13.6. The number of nitrogens with one attached hydrogen (secondary N) is 4. The molecule has 1 atom stereocenters. The Kier molecular flexibility index (Phi) is 9.29.